The standard InChI is InChI=1S/C18H24N4O2/c1-24-18(7-9-19-10-8-18)17(23)20-11-16-12-21-22(14-16)13-15-5-3-2-4-6-15/h2-6,12,14,19H,7-11,13H2,1H3,(H,20,23). The number of carbonyl (C=O) groups excluding carboxylic acids is 1. The molecule has 24 heavy (non-hydrogen) atoms. The fourth-order valence-corrected chi connectivity index (χ4v) is 3.05. The second-order valence-electron chi connectivity index (χ2n) is 6.16. The minimum absolute atomic E-state index is 0.0395. The SMILES string of the molecule is COC1(C(=O)NCc2cnn(Cc3ccccc3)c2)CCNCC1. The molecule has 0 bridgehead atoms. The van der Waals surface area contributed by atoms with Gasteiger partial charge in [-0.05, 0) is 31.5 Å². The zero-order valence-corrected chi connectivity index (χ0v) is 14.0. The van der Waals surface area contributed by atoms with Crippen molar-refractivity contribution < 1.29 is 9.53 Å². The summed E-state index contributed by atoms with van der Waals surface area (Å²) in [7, 11) is 1.61. The Bertz CT molecular complexity index is 663. The van der Waals surface area contributed by atoms with Gasteiger partial charge in [0.1, 0.15) is 5.60 Å². The average molecular weight is 328 g/mol. The monoisotopic (exact) mass is 328 g/mol. The molecule has 0 radical (unpaired) electrons. The van der Waals surface area contributed by atoms with Gasteiger partial charge in [0.05, 0.1) is 12.7 Å². The first-order valence-electron chi connectivity index (χ1n) is 8.31. The van der Waals surface area contributed by atoms with E-state index in [1.807, 2.05) is 29.1 Å². The lowest BCUT2D eigenvalue weighted by Gasteiger charge is -2.34. The lowest BCUT2D eigenvalue weighted by atomic mass is 9.91. The van der Waals surface area contributed by atoms with Gasteiger partial charge in [0.2, 0.25) is 0 Å². The predicted molar refractivity (Wildman–Crippen MR) is 91.5 cm³/mol. The Balaban J connectivity index is 1.56. The third kappa shape index (κ3) is 3.83. The van der Waals surface area contributed by atoms with Crippen LogP contribution >= 0.6 is 0 Å². The molecule has 6 nitrogen and oxygen atoms in total. The molecule has 128 valence electrons. The summed E-state index contributed by atoms with van der Waals surface area (Å²) in [5.41, 5.74) is 1.48. The first-order valence-corrected chi connectivity index (χ1v) is 8.31. The molecule has 0 atom stereocenters. The van der Waals surface area contributed by atoms with E-state index in [0.717, 1.165) is 25.2 Å². The third-order valence-corrected chi connectivity index (χ3v) is 4.54. The first kappa shape index (κ1) is 16.7. The van der Waals surface area contributed by atoms with Gasteiger partial charge < -0.3 is 15.4 Å². The number of nitrogens with zero attached hydrogens (tertiary/aromatic N) is 2. The maximum atomic E-state index is 12.5. The van der Waals surface area contributed by atoms with Gasteiger partial charge in [-0.1, -0.05) is 30.3 Å². The number of rotatable bonds is 6. The minimum Gasteiger partial charge on any atom is -0.368 e. The maximum absolute atomic E-state index is 12.5. The molecule has 6 heteroatoms. The average Bonchev–Trinajstić information content (AvgIpc) is 3.08. The summed E-state index contributed by atoms with van der Waals surface area (Å²) in [6.45, 7) is 2.79. The normalized spacial score (nSPS) is 16.7. The molecule has 0 aliphatic carbocycles. The van der Waals surface area contributed by atoms with Gasteiger partial charge in [0.15, 0.2) is 0 Å². The van der Waals surface area contributed by atoms with Crippen LogP contribution in [0.1, 0.15) is 24.0 Å². The molecular weight excluding hydrogens is 304 g/mol. The van der Waals surface area contributed by atoms with Gasteiger partial charge in [-0.3, -0.25) is 9.48 Å². The summed E-state index contributed by atoms with van der Waals surface area (Å²) >= 11 is 0. The number of carbonyl (C=O) groups is 1. The van der Waals surface area contributed by atoms with Crippen LogP contribution in [-0.2, 0) is 22.6 Å². The Labute approximate surface area is 142 Å². The number of aromatic nitrogens is 2. The molecule has 0 spiro atoms. The van der Waals surface area contributed by atoms with Crippen molar-refractivity contribution in [1.82, 2.24) is 20.4 Å². The Morgan fingerprint density at radius 2 is 2.04 bits per heavy atom. The molecule has 1 aliphatic rings. The third-order valence-electron chi connectivity index (χ3n) is 4.54. The van der Waals surface area contributed by atoms with Gasteiger partial charge >= 0.3 is 0 Å². The van der Waals surface area contributed by atoms with Crippen molar-refractivity contribution in [3.8, 4) is 0 Å². The van der Waals surface area contributed by atoms with Crippen LogP contribution < -0.4 is 10.6 Å². The van der Waals surface area contributed by atoms with E-state index < -0.39 is 5.60 Å². The highest BCUT2D eigenvalue weighted by Crippen LogP contribution is 2.22. The van der Waals surface area contributed by atoms with Crippen molar-refractivity contribution >= 4 is 5.91 Å². The van der Waals surface area contributed by atoms with Crippen LogP contribution in [0.4, 0.5) is 0 Å². The molecule has 1 fully saturated rings. The maximum Gasteiger partial charge on any atom is 0.252 e. The number of methoxy groups -OCH3 is 1. The topological polar surface area (TPSA) is 68.2 Å². The van der Waals surface area contributed by atoms with Crippen molar-refractivity contribution in [3.05, 3.63) is 53.9 Å². The van der Waals surface area contributed by atoms with Gasteiger partial charge in [-0.25, -0.2) is 0 Å². The van der Waals surface area contributed by atoms with Gasteiger partial charge in [-0.15, -0.1) is 0 Å². The second kappa shape index (κ2) is 7.59. The van der Waals surface area contributed by atoms with Gasteiger partial charge in [-0.2, -0.15) is 5.10 Å². The zero-order chi connectivity index (χ0) is 16.8. The largest absolute Gasteiger partial charge is 0.368 e. The Hall–Kier alpha value is -2.18. The molecule has 0 unspecified atom stereocenters. The summed E-state index contributed by atoms with van der Waals surface area (Å²) in [6.07, 6.45) is 5.16. The van der Waals surface area contributed by atoms with Crippen LogP contribution in [0.2, 0.25) is 0 Å². The minimum atomic E-state index is -0.703. The summed E-state index contributed by atoms with van der Waals surface area (Å²) < 4.78 is 7.42. The van der Waals surface area contributed by atoms with Crippen LogP contribution in [-0.4, -0.2) is 41.5 Å². The summed E-state index contributed by atoms with van der Waals surface area (Å²) in [5, 5.41) is 10.6. The van der Waals surface area contributed by atoms with Crippen LogP contribution in [0, 0.1) is 0 Å². The number of hydrogen-bond acceptors (Lipinski definition) is 4. The van der Waals surface area contributed by atoms with E-state index >= 15 is 0 Å². The molecule has 2 aromatic rings. The summed E-state index contributed by atoms with van der Waals surface area (Å²) in [6, 6.07) is 10.2. The fourth-order valence-electron chi connectivity index (χ4n) is 3.05. The van der Waals surface area contributed by atoms with E-state index in [0.29, 0.717) is 19.4 Å². The number of ether oxygens (including phenoxy) is 1. The van der Waals surface area contributed by atoms with E-state index in [-0.39, 0.29) is 5.91 Å². The molecule has 1 aliphatic heterocycles. The fraction of sp³-hybridized carbons (Fsp3) is 0.444. The van der Waals surface area contributed by atoms with E-state index in [1.165, 1.54) is 5.56 Å². The molecular formula is C18H24N4O2. The highest BCUT2D eigenvalue weighted by atomic mass is 16.5. The van der Waals surface area contributed by atoms with Crippen LogP contribution in [0.3, 0.4) is 0 Å². The predicted octanol–water partition coefficient (Wildman–Crippen LogP) is 1.32. The molecule has 2 N–H and O–H groups in total. The van der Waals surface area contributed by atoms with Gasteiger partial charge in [0.25, 0.3) is 5.91 Å². The smallest absolute Gasteiger partial charge is 0.252 e. The molecule has 1 aromatic heterocycles. The number of nitrogens with one attached hydrogen (secondary N) is 2. The van der Waals surface area contributed by atoms with Crippen LogP contribution in [0.5, 0.6) is 0 Å². The first-order chi connectivity index (χ1) is 11.7. The van der Waals surface area contributed by atoms with E-state index in [2.05, 4.69) is 27.9 Å². The van der Waals surface area contributed by atoms with Gasteiger partial charge in [0, 0.05) is 25.4 Å². The summed E-state index contributed by atoms with van der Waals surface area (Å²) in [4.78, 5) is 12.5. The molecule has 1 amide bonds. The number of hydrogen-bond donors (Lipinski definition) is 2. The van der Waals surface area contributed by atoms with Crippen molar-refractivity contribution in [2.24, 2.45) is 0 Å². The molecule has 3 rings (SSSR count). The molecule has 1 saturated heterocycles. The Kier molecular flexibility index (Phi) is 5.27. The second-order valence-corrected chi connectivity index (χ2v) is 6.16. The molecule has 0 saturated carbocycles. The van der Waals surface area contributed by atoms with E-state index in [9.17, 15) is 4.79 Å². The lowest BCUT2D eigenvalue weighted by molar-refractivity contribution is -0.146. The Morgan fingerprint density at radius 3 is 2.75 bits per heavy atom. The highest BCUT2D eigenvalue weighted by Gasteiger charge is 2.39. The van der Waals surface area contributed by atoms with Crippen molar-refractivity contribution in [1.29, 1.82) is 0 Å². The number of benzene rings is 1. The highest BCUT2D eigenvalue weighted by molar-refractivity contribution is 5.85. The van der Waals surface area contributed by atoms with Crippen molar-refractivity contribution in [2.45, 2.75) is 31.5 Å². The van der Waals surface area contributed by atoms with E-state index in [1.54, 1.807) is 13.3 Å². The summed E-state index contributed by atoms with van der Waals surface area (Å²) in [5.74, 6) is -0.0395. The number of piperidine rings is 1. The van der Waals surface area contributed by atoms with Crippen molar-refractivity contribution in [2.75, 3.05) is 20.2 Å². The zero-order valence-electron chi connectivity index (χ0n) is 14.0. The van der Waals surface area contributed by atoms with Crippen LogP contribution in [0.15, 0.2) is 42.7 Å². The van der Waals surface area contributed by atoms with Crippen molar-refractivity contribution in [3.63, 3.8) is 0 Å². The number of amides is 1. The lowest BCUT2D eigenvalue weighted by Crippen LogP contribution is -2.53. The van der Waals surface area contributed by atoms with E-state index in [4.69, 9.17) is 4.74 Å². The molecule has 2 heterocycles. The Morgan fingerprint density at radius 1 is 1.29 bits per heavy atom. The molecule has 1 aromatic carbocycles. The quantitative estimate of drug-likeness (QED) is 0.839. The van der Waals surface area contributed by atoms with Crippen LogP contribution in [0.25, 0.3) is 0 Å².